The monoisotopic (exact) mass is 401 g/mol. The number of para-hydroxylation sites is 1. The molecule has 3 aromatic rings. The van der Waals surface area contributed by atoms with E-state index in [1.54, 1.807) is 29.2 Å². The Kier molecular flexibility index (Phi) is 5.27. The van der Waals surface area contributed by atoms with E-state index >= 15 is 0 Å². The number of benzene rings is 3. The molecule has 1 N–H and O–H groups in total. The first-order chi connectivity index (χ1) is 14.6. The summed E-state index contributed by atoms with van der Waals surface area (Å²) in [6.45, 7) is 2.38. The highest BCUT2D eigenvalue weighted by Gasteiger charge is 2.46. The van der Waals surface area contributed by atoms with Crippen molar-refractivity contribution in [2.45, 2.75) is 19.4 Å². The van der Waals surface area contributed by atoms with Crippen molar-refractivity contribution in [2.75, 3.05) is 13.7 Å². The number of ketones is 1. The number of methoxy groups -OCH3 is 1. The minimum Gasteiger partial charge on any atom is -0.507 e. The molecule has 0 saturated carbocycles. The number of ether oxygens (including phenoxy) is 1. The first-order valence-electron chi connectivity index (χ1n) is 9.98. The molecule has 1 unspecified atom stereocenters. The number of fused-ring (bicyclic) bond motifs is 1. The van der Waals surface area contributed by atoms with E-state index in [9.17, 15) is 14.7 Å². The van der Waals surface area contributed by atoms with Gasteiger partial charge in [-0.2, -0.15) is 0 Å². The smallest absolute Gasteiger partial charge is 0.295 e. The van der Waals surface area contributed by atoms with Crippen molar-refractivity contribution in [3.8, 4) is 5.75 Å². The maximum Gasteiger partial charge on any atom is 0.295 e. The Morgan fingerprint density at radius 2 is 1.70 bits per heavy atom. The summed E-state index contributed by atoms with van der Waals surface area (Å²) < 4.78 is 5.37. The van der Waals surface area contributed by atoms with Gasteiger partial charge < -0.3 is 14.7 Å². The van der Waals surface area contributed by atoms with Gasteiger partial charge in [0.25, 0.3) is 11.7 Å². The van der Waals surface area contributed by atoms with Crippen LogP contribution in [0.25, 0.3) is 16.5 Å². The van der Waals surface area contributed by atoms with E-state index in [2.05, 4.69) is 0 Å². The molecule has 5 nitrogen and oxygen atoms in total. The quantitative estimate of drug-likeness (QED) is 0.383. The molecule has 1 heterocycles. The van der Waals surface area contributed by atoms with E-state index in [-0.39, 0.29) is 11.3 Å². The van der Waals surface area contributed by atoms with Crippen LogP contribution in [0, 0.1) is 0 Å². The second-order valence-electron chi connectivity index (χ2n) is 7.26. The van der Waals surface area contributed by atoms with Gasteiger partial charge in [-0.1, -0.05) is 61.5 Å². The lowest BCUT2D eigenvalue weighted by atomic mass is 9.91. The third-order valence-corrected chi connectivity index (χ3v) is 5.48. The number of aliphatic hydroxyl groups excluding tert-OH is 1. The number of likely N-dealkylation sites (tertiary alicyclic amines) is 1. The SMILES string of the molecule is CCCN1C(=O)C(=O)/C(=C(/O)c2ccccc2OC)C1c1cccc2ccccc12. The fourth-order valence-electron chi connectivity index (χ4n) is 4.15. The van der Waals surface area contributed by atoms with E-state index in [0.717, 1.165) is 16.3 Å². The Bertz CT molecular complexity index is 1160. The van der Waals surface area contributed by atoms with Crippen LogP contribution in [0.2, 0.25) is 0 Å². The number of carbonyl (C=O) groups is 2. The van der Waals surface area contributed by atoms with Crippen molar-refractivity contribution >= 4 is 28.2 Å². The van der Waals surface area contributed by atoms with Crippen LogP contribution in [0.4, 0.5) is 0 Å². The average Bonchev–Trinajstić information content (AvgIpc) is 3.03. The lowest BCUT2D eigenvalue weighted by molar-refractivity contribution is -0.139. The molecule has 4 rings (SSSR count). The first-order valence-corrected chi connectivity index (χ1v) is 9.98. The van der Waals surface area contributed by atoms with Crippen LogP contribution in [0.3, 0.4) is 0 Å². The predicted octanol–water partition coefficient (Wildman–Crippen LogP) is 4.68. The van der Waals surface area contributed by atoms with Crippen LogP contribution in [-0.4, -0.2) is 35.4 Å². The molecule has 152 valence electrons. The lowest BCUT2D eigenvalue weighted by Gasteiger charge is -2.26. The zero-order valence-electron chi connectivity index (χ0n) is 17.0. The zero-order valence-corrected chi connectivity index (χ0v) is 17.0. The van der Waals surface area contributed by atoms with E-state index < -0.39 is 17.7 Å². The molecule has 5 heteroatoms. The first kappa shape index (κ1) is 19.7. The molecule has 1 aliphatic rings. The number of rotatable bonds is 5. The van der Waals surface area contributed by atoms with Gasteiger partial charge in [-0.15, -0.1) is 0 Å². The molecule has 1 amide bonds. The zero-order chi connectivity index (χ0) is 21.3. The van der Waals surface area contributed by atoms with E-state index in [1.807, 2.05) is 49.4 Å². The molecule has 1 atom stereocenters. The summed E-state index contributed by atoms with van der Waals surface area (Å²) in [7, 11) is 1.50. The highest BCUT2D eigenvalue weighted by Crippen LogP contribution is 2.42. The Labute approximate surface area is 175 Å². The van der Waals surface area contributed by atoms with Gasteiger partial charge in [-0.25, -0.2) is 0 Å². The van der Waals surface area contributed by atoms with Crippen LogP contribution in [-0.2, 0) is 9.59 Å². The van der Waals surface area contributed by atoms with Crippen LogP contribution in [0.1, 0.15) is 30.5 Å². The Morgan fingerprint density at radius 3 is 2.47 bits per heavy atom. The fraction of sp³-hybridized carbons (Fsp3) is 0.200. The number of hydrogen-bond donors (Lipinski definition) is 1. The largest absolute Gasteiger partial charge is 0.507 e. The fourth-order valence-corrected chi connectivity index (χ4v) is 4.15. The molecule has 1 saturated heterocycles. The number of amides is 1. The molecule has 3 aromatic carbocycles. The Hall–Kier alpha value is -3.60. The van der Waals surface area contributed by atoms with E-state index in [1.165, 1.54) is 7.11 Å². The van der Waals surface area contributed by atoms with Crippen molar-refractivity contribution in [1.29, 1.82) is 0 Å². The summed E-state index contributed by atoms with van der Waals surface area (Å²) >= 11 is 0. The second-order valence-corrected chi connectivity index (χ2v) is 7.26. The summed E-state index contributed by atoms with van der Waals surface area (Å²) in [5.74, 6) is -1.05. The highest BCUT2D eigenvalue weighted by atomic mass is 16.5. The number of hydrogen-bond acceptors (Lipinski definition) is 4. The number of carbonyl (C=O) groups excluding carboxylic acids is 2. The summed E-state index contributed by atoms with van der Waals surface area (Å²) in [4.78, 5) is 27.6. The topological polar surface area (TPSA) is 66.8 Å². The van der Waals surface area contributed by atoms with Gasteiger partial charge in [0.15, 0.2) is 0 Å². The molecule has 0 aliphatic carbocycles. The minimum atomic E-state index is -0.676. The maximum absolute atomic E-state index is 13.1. The van der Waals surface area contributed by atoms with Crippen LogP contribution >= 0.6 is 0 Å². The van der Waals surface area contributed by atoms with Gasteiger partial charge in [0.1, 0.15) is 11.5 Å². The van der Waals surface area contributed by atoms with Crippen molar-refractivity contribution in [3.05, 3.63) is 83.4 Å². The highest BCUT2D eigenvalue weighted by molar-refractivity contribution is 6.46. The number of aliphatic hydroxyl groups is 1. The van der Waals surface area contributed by atoms with Crippen molar-refractivity contribution in [3.63, 3.8) is 0 Å². The third kappa shape index (κ3) is 3.12. The second kappa shape index (κ2) is 8.03. The molecule has 0 aromatic heterocycles. The molecule has 0 bridgehead atoms. The van der Waals surface area contributed by atoms with Gasteiger partial charge >= 0.3 is 0 Å². The standard InChI is InChI=1S/C25H23NO4/c1-3-15-26-22(18-13-8-10-16-9-4-5-11-17(16)18)21(24(28)25(26)29)23(27)19-12-6-7-14-20(19)30-2/h4-14,22,27H,3,15H2,1-2H3/b23-21+. The van der Waals surface area contributed by atoms with E-state index in [0.29, 0.717) is 24.3 Å². The summed E-state index contributed by atoms with van der Waals surface area (Å²) in [6, 6.07) is 19.9. The average molecular weight is 401 g/mol. The van der Waals surface area contributed by atoms with E-state index in [4.69, 9.17) is 4.74 Å². The van der Waals surface area contributed by atoms with Crippen molar-refractivity contribution in [2.24, 2.45) is 0 Å². The van der Waals surface area contributed by atoms with Gasteiger partial charge in [0.05, 0.1) is 24.3 Å². The molecule has 1 fully saturated rings. The van der Waals surface area contributed by atoms with Crippen LogP contribution < -0.4 is 4.74 Å². The lowest BCUT2D eigenvalue weighted by Crippen LogP contribution is -2.30. The van der Waals surface area contributed by atoms with Crippen molar-refractivity contribution in [1.82, 2.24) is 4.90 Å². The Morgan fingerprint density at radius 1 is 1.00 bits per heavy atom. The molecular formula is C25H23NO4. The van der Waals surface area contributed by atoms with Crippen LogP contribution in [0.15, 0.2) is 72.3 Å². The van der Waals surface area contributed by atoms with Gasteiger partial charge in [0, 0.05) is 6.54 Å². The summed E-state index contributed by atoms with van der Waals surface area (Å²) in [5, 5.41) is 13.2. The summed E-state index contributed by atoms with van der Waals surface area (Å²) in [6.07, 6.45) is 0.697. The molecule has 0 radical (unpaired) electrons. The van der Waals surface area contributed by atoms with Gasteiger partial charge in [0.2, 0.25) is 0 Å². The maximum atomic E-state index is 13.1. The number of nitrogens with zero attached hydrogens (tertiary/aromatic N) is 1. The molecule has 1 aliphatic heterocycles. The third-order valence-electron chi connectivity index (χ3n) is 5.48. The normalized spacial score (nSPS) is 18.2. The molecule has 30 heavy (non-hydrogen) atoms. The predicted molar refractivity (Wildman–Crippen MR) is 116 cm³/mol. The summed E-state index contributed by atoms with van der Waals surface area (Å²) in [5.41, 5.74) is 1.30. The number of Topliss-reactive ketones (excluding diaryl/α,β-unsaturated/α-hetero) is 1. The minimum absolute atomic E-state index is 0.0919. The van der Waals surface area contributed by atoms with Gasteiger partial charge in [-0.05, 0) is 34.9 Å². The Balaban J connectivity index is 2.00. The molecule has 0 spiro atoms. The van der Waals surface area contributed by atoms with Crippen LogP contribution in [0.5, 0.6) is 5.75 Å². The molecular weight excluding hydrogens is 378 g/mol. The van der Waals surface area contributed by atoms with Crippen molar-refractivity contribution < 1.29 is 19.4 Å². The van der Waals surface area contributed by atoms with Gasteiger partial charge in [-0.3, -0.25) is 9.59 Å².